The summed E-state index contributed by atoms with van der Waals surface area (Å²) in [6, 6.07) is 7.38. The van der Waals surface area contributed by atoms with Crippen molar-refractivity contribution in [1.82, 2.24) is 4.98 Å². The third kappa shape index (κ3) is 3.46. The molecule has 0 bridgehead atoms. The van der Waals surface area contributed by atoms with Gasteiger partial charge in [0.15, 0.2) is 5.01 Å². The van der Waals surface area contributed by atoms with Gasteiger partial charge in [0.1, 0.15) is 0 Å². The molecule has 0 saturated carbocycles. The van der Waals surface area contributed by atoms with Gasteiger partial charge in [0.05, 0.1) is 5.69 Å². The van der Waals surface area contributed by atoms with E-state index in [1.807, 2.05) is 24.3 Å². The average Bonchev–Trinajstić information content (AvgIpc) is 2.78. The summed E-state index contributed by atoms with van der Waals surface area (Å²) in [5.74, 6) is 0. The molecule has 1 aromatic heterocycles. The molecule has 1 N–H and O–H groups in total. The largest absolute Gasteiger partial charge is 0.326 e. The van der Waals surface area contributed by atoms with Crippen molar-refractivity contribution in [3.63, 3.8) is 0 Å². The Kier molecular flexibility index (Phi) is 4.64. The zero-order valence-electron chi connectivity index (χ0n) is 8.84. The van der Waals surface area contributed by atoms with Crippen LogP contribution in [0.5, 0.6) is 0 Å². The van der Waals surface area contributed by atoms with Crippen molar-refractivity contribution in [2.75, 3.05) is 0 Å². The zero-order chi connectivity index (χ0) is 13.1. The van der Waals surface area contributed by atoms with Gasteiger partial charge in [-0.2, -0.15) is 0 Å². The Labute approximate surface area is 116 Å². The topological polar surface area (TPSA) is 59.4 Å². The fourth-order valence-corrected chi connectivity index (χ4v) is 2.65. The van der Waals surface area contributed by atoms with Gasteiger partial charge in [-0.25, -0.2) is 9.37 Å². The predicted octanol–water partition coefficient (Wildman–Crippen LogP) is 3.94. The number of hydrogen-bond acceptors (Lipinski definition) is 4. The van der Waals surface area contributed by atoms with Crippen LogP contribution in [-0.4, -0.2) is 9.88 Å². The van der Waals surface area contributed by atoms with Crippen molar-refractivity contribution in [2.45, 2.75) is 6.36 Å². The standard InChI is InChI=1S/C10H8BrFNO3PS/c11-7-3-1-6(2-4-7)8-5-18-10(13-8)9(12)16-17(14)15/h1-5,9,17H,(H,14,15). The van der Waals surface area contributed by atoms with Crippen LogP contribution in [0.4, 0.5) is 4.39 Å². The molecule has 0 aliphatic carbocycles. The first-order valence-electron chi connectivity index (χ1n) is 4.81. The third-order valence-electron chi connectivity index (χ3n) is 2.06. The molecule has 2 aromatic rings. The Morgan fingerprint density at radius 3 is 2.72 bits per heavy atom. The quantitative estimate of drug-likeness (QED) is 0.847. The Hall–Kier alpha value is -0.590. The van der Waals surface area contributed by atoms with Gasteiger partial charge >= 0.3 is 8.25 Å². The lowest BCUT2D eigenvalue weighted by Gasteiger charge is -2.02. The van der Waals surface area contributed by atoms with Crippen LogP contribution in [0.2, 0.25) is 0 Å². The second-order valence-corrected chi connectivity index (χ2v) is 5.85. The molecule has 0 aliphatic rings. The number of aromatic nitrogens is 1. The Balaban J connectivity index is 2.19. The van der Waals surface area contributed by atoms with Gasteiger partial charge in [-0.1, -0.05) is 28.1 Å². The van der Waals surface area contributed by atoms with E-state index in [-0.39, 0.29) is 5.01 Å². The maximum Gasteiger partial charge on any atom is 0.319 e. The zero-order valence-corrected chi connectivity index (χ0v) is 12.2. The van der Waals surface area contributed by atoms with Crippen molar-refractivity contribution in [3.8, 4) is 11.3 Å². The molecule has 0 amide bonds. The Bertz CT molecular complexity index is 563. The summed E-state index contributed by atoms with van der Waals surface area (Å²) in [6.07, 6.45) is -1.96. The van der Waals surface area contributed by atoms with E-state index in [0.717, 1.165) is 21.4 Å². The lowest BCUT2D eigenvalue weighted by atomic mass is 10.2. The van der Waals surface area contributed by atoms with Crippen LogP contribution < -0.4 is 0 Å². The molecule has 0 aliphatic heterocycles. The van der Waals surface area contributed by atoms with Gasteiger partial charge < -0.3 is 4.89 Å². The van der Waals surface area contributed by atoms with E-state index in [1.165, 1.54) is 0 Å². The highest BCUT2D eigenvalue weighted by Gasteiger charge is 2.17. The fraction of sp³-hybridized carbons (Fsp3) is 0.100. The summed E-state index contributed by atoms with van der Waals surface area (Å²) < 4.78 is 28.9. The smallest absolute Gasteiger partial charge is 0.319 e. The molecule has 1 aromatic carbocycles. The number of alkyl halides is 1. The monoisotopic (exact) mass is 351 g/mol. The van der Waals surface area contributed by atoms with E-state index in [9.17, 15) is 8.96 Å². The van der Waals surface area contributed by atoms with Crippen LogP contribution >= 0.6 is 35.5 Å². The molecule has 4 nitrogen and oxygen atoms in total. The first kappa shape index (κ1) is 13.8. The molecule has 96 valence electrons. The lowest BCUT2D eigenvalue weighted by molar-refractivity contribution is 0.0634. The van der Waals surface area contributed by atoms with E-state index in [0.29, 0.717) is 5.69 Å². The van der Waals surface area contributed by atoms with Gasteiger partial charge in [0, 0.05) is 15.4 Å². The molecule has 2 rings (SSSR count). The van der Waals surface area contributed by atoms with Crippen LogP contribution in [-0.2, 0) is 9.09 Å². The second kappa shape index (κ2) is 6.04. The first-order chi connectivity index (χ1) is 8.56. The predicted molar refractivity (Wildman–Crippen MR) is 71.4 cm³/mol. The maximum absolute atomic E-state index is 13.4. The van der Waals surface area contributed by atoms with Crippen molar-refractivity contribution < 1.29 is 18.4 Å². The number of rotatable bonds is 4. The number of nitrogens with zero attached hydrogens (tertiary/aromatic N) is 1. The van der Waals surface area contributed by atoms with Crippen LogP contribution in [0.1, 0.15) is 11.4 Å². The van der Waals surface area contributed by atoms with Gasteiger partial charge in [0.25, 0.3) is 6.36 Å². The molecular formula is C10H8BrFNO3PS. The van der Waals surface area contributed by atoms with Crippen LogP contribution in [0.25, 0.3) is 11.3 Å². The minimum absolute atomic E-state index is 0.0281. The number of thiazole rings is 1. The highest BCUT2D eigenvalue weighted by Crippen LogP contribution is 2.33. The summed E-state index contributed by atoms with van der Waals surface area (Å²) in [4.78, 5) is 12.5. The molecule has 18 heavy (non-hydrogen) atoms. The van der Waals surface area contributed by atoms with Crippen molar-refractivity contribution in [3.05, 3.63) is 39.1 Å². The van der Waals surface area contributed by atoms with Crippen molar-refractivity contribution in [1.29, 1.82) is 0 Å². The van der Waals surface area contributed by atoms with E-state index in [1.54, 1.807) is 5.38 Å². The SMILES string of the molecule is O=[PH](O)OC(F)c1nc(-c2ccc(Br)cc2)cs1. The molecule has 0 radical (unpaired) electrons. The van der Waals surface area contributed by atoms with E-state index in [4.69, 9.17) is 4.89 Å². The molecule has 8 heteroatoms. The summed E-state index contributed by atoms with van der Waals surface area (Å²) in [7, 11) is -3.31. The minimum atomic E-state index is -3.31. The summed E-state index contributed by atoms with van der Waals surface area (Å²) in [6.45, 7) is 0. The Morgan fingerprint density at radius 1 is 1.44 bits per heavy atom. The van der Waals surface area contributed by atoms with Crippen LogP contribution in [0.3, 0.4) is 0 Å². The molecule has 0 saturated heterocycles. The Morgan fingerprint density at radius 2 is 2.11 bits per heavy atom. The van der Waals surface area contributed by atoms with E-state index in [2.05, 4.69) is 25.4 Å². The fourth-order valence-electron chi connectivity index (χ4n) is 1.28. The number of halogens is 2. The second-order valence-electron chi connectivity index (χ2n) is 3.28. The molecule has 0 fully saturated rings. The molecule has 1 heterocycles. The molecule has 0 spiro atoms. The van der Waals surface area contributed by atoms with Crippen LogP contribution in [0, 0.1) is 0 Å². The molecule has 2 unspecified atom stereocenters. The summed E-state index contributed by atoms with van der Waals surface area (Å²) >= 11 is 4.36. The lowest BCUT2D eigenvalue weighted by Crippen LogP contribution is -1.91. The van der Waals surface area contributed by atoms with Crippen LogP contribution in [0.15, 0.2) is 34.1 Å². The van der Waals surface area contributed by atoms with Crippen molar-refractivity contribution >= 4 is 35.5 Å². The highest BCUT2D eigenvalue weighted by atomic mass is 79.9. The first-order valence-corrected chi connectivity index (χ1v) is 7.75. The van der Waals surface area contributed by atoms with Gasteiger partial charge in [0.2, 0.25) is 0 Å². The average molecular weight is 352 g/mol. The van der Waals surface area contributed by atoms with E-state index >= 15 is 0 Å². The van der Waals surface area contributed by atoms with E-state index < -0.39 is 14.6 Å². The summed E-state index contributed by atoms with van der Waals surface area (Å²) in [5, 5.41) is 1.70. The summed E-state index contributed by atoms with van der Waals surface area (Å²) in [5.41, 5.74) is 1.44. The maximum atomic E-state index is 13.4. The molecular weight excluding hydrogens is 344 g/mol. The third-order valence-corrected chi connectivity index (χ3v) is 3.86. The number of benzene rings is 1. The minimum Gasteiger partial charge on any atom is -0.326 e. The normalized spacial score (nSPS) is 14.4. The van der Waals surface area contributed by atoms with Gasteiger partial charge in [-0.15, -0.1) is 11.3 Å². The van der Waals surface area contributed by atoms with Crippen molar-refractivity contribution in [2.24, 2.45) is 0 Å². The molecule has 2 atom stereocenters. The highest BCUT2D eigenvalue weighted by molar-refractivity contribution is 9.10. The van der Waals surface area contributed by atoms with Gasteiger partial charge in [-0.05, 0) is 12.1 Å². The van der Waals surface area contributed by atoms with Gasteiger partial charge in [-0.3, -0.25) is 9.09 Å². The number of hydrogen-bond donors (Lipinski definition) is 1.